The molecule has 0 spiro atoms. The van der Waals surface area contributed by atoms with Crippen molar-refractivity contribution in [3.05, 3.63) is 42.4 Å². The molecular weight excluding hydrogens is 196 g/mol. The number of rotatable bonds is 3. The first kappa shape index (κ1) is 9.64. The van der Waals surface area contributed by atoms with Crippen molar-refractivity contribution < 1.29 is 0 Å². The van der Waals surface area contributed by atoms with Crippen LogP contribution in [-0.2, 0) is 6.54 Å². The van der Waals surface area contributed by atoms with Gasteiger partial charge in [0, 0.05) is 12.1 Å². The molecule has 3 rings (SSSR count). The van der Waals surface area contributed by atoms with E-state index in [2.05, 4.69) is 46.8 Å². The number of benzene rings is 1. The Hall–Kier alpha value is -1.57. The van der Waals surface area contributed by atoms with Crippen molar-refractivity contribution in [3.63, 3.8) is 0 Å². The summed E-state index contributed by atoms with van der Waals surface area (Å²) in [6, 6.07) is 10.5. The van der Waals surface area contributed by atoms with Crippen LogP contribution in [0.4, 0.5) is 0 Å². The van der Waals surface area contributed by atoms with Crippen molar-refractivity contribution in [1.29, 1.82) is 0 Å². The van der Waals surface area contributed by atoms with Gasteiger partial charge in [-0.25, -0.2) is 4.98 Å². The monoisotopic (exact) mass is 212 g/mol. The molecule has 2 nitrogen and oxygen atoms in total. The third kappa shape index (κ3) is 1.75. The molecule has 0 N–H and O–H groups in total. The van der Waals surface area contributed by atoms with E-state index in [1.54, 1.807) is 0 Å². The summed E-state index contributed by atoms with van der Waals surface area (Å²) in [6.07, 6.45) is 4.74. The van der Waals surface area contributed by atoms with Gasteiger partial charge in [-0.15, -0.1) is 0 Å². The zero-order chi connectivity index (χ0) is 11.0. The number of aromatic nitrogens is 2. The van der Waals surface area contributed by atoms with E-state index in [1.807, 2.05) is 6.33 Å². The molecule has 0 atom stereocenters. The predicted molar refractivity (Wildman–Crippen MR) is 65.1 cm³/mol. The maximum atomic E-state index is 4.44. The van der Waals surface area contributed by atoms with E-state index in [1.165, 1.54) is 24.1 Å². The number of aryl methyl sites for hydroxylation is 1. The number of nitrogens with zero attached hydrogens (tertiary/aromatic N) is 2. The molecular formula is C14H16N2. The van der Waals surface area contributed by atoms with Crippen LogP contribution in [0, 0.1) is 12.8 Å². The van der Waals surface area contributed by atoms with Crippen LogP contribution in [0.3, 0.4) is 0 Å². The second-order valence-corrected chi connectivity index (χ2v) is 4.64. The van der Waals surface area contributed by atoms with Gasteiger partial charge in [-0.2, -0.15) is 0 Å². The second-order valence-electron chi connectivity index (χ2n) is 4.64. The van der Waals surface area contributed by atoms with E-state index < -0.39 is 0 Å². The number of hydrogen-bond acceptors (Lipinski definition) is 1. The van der Waals surface area contributed by atoms with Gasteiger partial charge in [0.1, 0.15) is 0 Å². The molecule has 0 amide bonds. The average Bonchev–Trinajstić information content (AvgIpc) is 3.04. The van der Waals surface area contributed by atoms with Gasteiger partial charge in [-0.1, -0.05) is 30.3 Å². The van der Waals surface area contributed by atoms with Gasteiger partial charge in [0.25, 0.3) is 0 Å². The highest BCUT2D eigenvalue weighted by Gasteiger charge is 2.23. The molecule has 2 aromatic rings. The lowest BCUT2D eigenvalue weighted by Crippen LogP contribution is -2.00. The third-order valence-electron chi connectivity index (χ3n) is 3.22. The molecule has 0 saturated heterocycles. The second kappa shape index (κ2) is 3.78. The number of hydrogen-bond donors (Lipinski definition) is 0. The average molecular weight is 212 g/mol. The Kier molecular flexibility index (Phi) is 2.28. The normalized spacial score (nSPS) is 15.3. The summed E-state index contributed by atoms with van der Waals surface area (Å²) >= 11 is 0. The Bertz CT molecular complexity index is 481. The molecule has 1 fully saturated rings. The van der Waals surface area contributed by atoms with Crippen LogP contribution < -0.4 is 0 Å². The van der Waals surface area contributed by atoms with Crippen LogP contribution in [0.15, 0.2) is 36.7 Å². The molecule has 2 heteroatoms. The predicted octanol–water partition coefficient (Wildman–Crippen LogP) is 3.27. The van der Waals surface area contributed by atoms with Gasteiger partial charge < -0.3 is 4.57 Å². The summed E-state index contributed by atoms with van der Waals surface area (Å²) in [6.45, 7) is 3.22. The van der Waals surface area contributed by atoms with Gasteiger partial charge in [0.15, 0.2) is 0 Å². The Balaban J connectivity index is 2.01. The van der Waals surface area contributed by atoms with Crippen LogP contribution in [0.1, 0.15) is 18.5 Å². The zero-order valence-corrected chi connectivity index (χ0v) is 9.56. The van der Waals surface area contributed by atoms with Crippen LogP contribution in [0.5, 0.6) is 0 Å². The minimum Gasteiger partial charge on any atom is -0.330 e. The van der Waals surface area contributed by atoms with E-state index in [-0.39, 0.29) is 0 Å². The molecule has 1 aliphatic carbocycles. The summed E-state index contributed by atoms with van der Waals surface area (Å²) in [7, 11) is 0. The first-order chi connectivity index (χ1) is 7.84. The maximum Gasteiger partial charge on any atom is 0.0954 e. The van der Waals surface area contributed by atoms with E-state index in [0.717, 1.165) is 18.2 Å². The lowest BCUT2D eigenvalue weighted by molar-refractivity contribution is 0.631. The van der Waals surface area contributed by atoms with Gasteiger partial charge in [-0.05, 0) is 25.7 Å². The van der Waals surface area contributed by atoms with Crippen LogP contribution in [0.25, 0.3) is 11.3 Å². The summed E-state index contributed by atoms with van der Waals surface area (Å²) < 4.78 is 2.31. The highest BCUT2D eigenvalue weighted by Crippen LogP contribution is 2.33. The smallest absolute Gasteiger partial charge is 0.0954 e. The molecule has 0 bridgehead atoms. The molecule has 1 saturated carbocycles. The highest BCUT2D eigenvalue weighted by molar-refractivity contribution is 5.62. The van der Waals surface area contributed by atoms with Crippen molar-refractivity contribution in [2.24, 2.45) is 5.92 Å². The largest absolute Gasteiger partial charge is 0.330 e. The van der Waals surface area contributed by atoms with Gasteiger partial charge >= 0.3 is 0 Å². The highest BCUT2D eigenvalue weighted by atomic mass is 15.1. The summed E-state index contributed by atoms with van der Waals surface area (Å²) in [5, 5.41) is 0. The fourth-order valence-corrected chi connectivity index (χ4v) is 2.17. The Morgan fingerprint density at radius 1 is 1.25 bits per heavy atom. The third-order valence-corrected chi connectivity index (χ3v) is 3.22. The Labute approximate surface area is 95.9 Å². The standard InChI is InChI=1S/C14H16N2/c1-11-14(13-5-3-2-4-6-13)16(10-15-11)9-12-7-8-12/h2-6,10,12H,7-9H2,1H3. The van der Waals surface area contributed by atoms with Crippen molar-refractivity contribution in [3.8, 4) is 11.3 Å². The van der Waals surface area contributed by atoms with E-state index >= 15 is 0 Å². The van der Waals surface area contributed by atoms with E-state index in [9.17, 15) is 0 Å². The molecule has 0 aliphatic heterocycles. The van der Waals surface area contributed by atoms with Gasteiger partial charge in [0.05, 0.1) is 17.7 Å². The topological polar surface area (TPSA) is 17.8 Å². The van der Waals surface area contributed by atoms with Gasteiger partial charge in [0.2, 0.25) is 0 Å². The van der Waals surface area contributed by atoms with Crippen molar-refractivity contribution >= 4 is 0 Å². The fraction of sp³-hybridized carbons (Fsp3) is 0.357. The summed E-state index contributed by atoms with van der Waals surface area (Å²) in [4.78, 5) is 4.44. The van der Waals surface area contributed by atoms with E-state index in [0.29, 0.717) is 0 Å². The molecule has 1 aliphatic rings. The van der Waals surface area contributed by atoms with Crippen molar-refractivity contribution in [2.45, 2.75) is 26.3 Å². The van der Waals surface area contributed by atoms with Crippen LogP contribution in [0.2, 0.25) is 0 Å². The van der Waals surface area contributed by atoms with E-state index in [4.69, 9.17) is 0 Å². The molecule has 0 radical (unpaired) electrons. The van der Waals surface area contributed by atoms with Gasteiger partial charge in [-0.3, -0.25) is 0 Å². The van der Waals surface area contributed by atoms with Crippen molar-refractivity contribution in [1.82, 2.24) is 9.55 Å². The maximum absolute atomic E-state index is 4.44. The first-order valence-electron chi connectivity index (χ1n) is 5.92. The molecule has 16 heavy (non-hydrogen) atoms. The molecule has 0 unspecified atom stereocenters. The minimum absolute atomic E-state index is 0.885. The number of imidazole rings is 1. The molecule has 1 aromatic carbocycles. The molecule has 82 valence electrons. The van der Waals surface area contributed by atoms with Crippen molar-refractivity contribution in [2.75, 3.05) is 0 Å². The van der Waals surface area contributed by atoms with Crippen LogP contribution >= 0.6 is 0 Å². The summed E-state index contributed by atoms with van der Waals surface area (Å²) in [5.41, 5.74) is 3.69. The first-order valence-corrected chi connectivity index (χ1v) is 5.92. The minimum atomic E-state index is 0.885. The molecule has 1 heterocycles. The SMILES string of the molecule is Cc1ncn(CC2CC2)c1-c1ccccc1. The lowest BCUT2D eigenvalue weighted by Gasteiger charge is -2.08. The fourth-order valence-electron chi connectivity index (χ4n) is 2.17. The Morgan fingerprint density at radius 3 is 2.69 bits per heavy atom. The lowest BCUT2D eigenvalue weighted by atomic mass is 10.1. The summed E-state index contributed by atoms with van der Waals surface area (Å²) in [5.74, 6) is 0.885. The zero-order valence-electron chi connectivity index (χ0n) is 9.56. The quantitative estimate of drug-likeness (QED) is 0.763. The Morgan fingerprint density at radius 2 is 2.00 bits per heavy atom. The van der Waals surface area contributed by atoms with Crippen LogP contribution in [-0.4, -0.2) is 9.55 Å². The molecule has 1 aromatic heterocycles.